The van der Waals surface area contributed by atoms with E-state index in [0.717, 1.165) is 16.9 Å². The third-order valence-electron chi connectivity index (χ3n) is 2.95. The predicted octanol–water partition coefficient (Wildman–Crippen LogP) is 3.49. The van der Waals surface area contributed by atoms with Crippen molar-refractivity contribution in [3.63, 3.8) is 0 Å². The summed E-state index contributed by atoms with van der Waals surface area (Å²) in [4.78, 5) is 10.2. The zero-order valence-electron chi connectivity index (χ0n) is 11.8. The van der Waals surface area contributed by atoms with Gasteiger partial charge in [-0.05, 0) is 28.1 Å². The summed E-state index contributed by atoms with van der Waals surface area (Å²) >= 11 is 3.29. The zero-order valence-corrected chi connectivity index (χ0v) is 13.4. The molecule has 0 bridgehead atoms. The van der Waals surface area contributed by atoms with Crippen LogP contribution in [-0.4, -0.2) is 18.2 Å². The number of rotatable bonds is 6. The Morgan fingerprint density at radius 1 is 1.36 bits per heavy atom. The van der Waals surface area contributed by atoms with Crippen LogP contribution in [0.15, 0.2) is 52.0 Å². The minimum atomic E-state index is -0.439. The molecule has 0 aliphatic carbocycles. The Morgan fingerprint density at radius 2 is 2.14 bits per heavy atom. The number of non-ortho nitro benzene ring substituents is 1. The molecule has 0 aliphatic rings. The molecule has 0 radical (unpaired) electrons. The van der Waals surface area contributed by atoms with Crippen molar-refractivity contribution in [3.8, 4) is 5.75 Å². The fourth-order valence-electron chi connectivity index (χ4n) is 1.83. The maximum Gasteiger partial charge on any atom is 0.270 e. The quantitative estimate of drug-likeness (QED) is 0.484. The number of halogens is 1. The van der Waals surface area contributed by atoms with Crippen LogP contribution in [0.25, 0.3) is 0 Å². The van der Waals surface area contributed by atoms with Gasteiger partial charge in [-0.25, -0.2) is 0 Å². The van der Waals surface area contributed by atoms with Gasteiger partial charge in [-0.3, -0.25) is 10.1 Å². The van der Waals surface area contributed by atoms with Crippen LogP contribution in [0.3, 0.4) is 0 Å². The first kappa shape index (κ1) is 16.0. The van der Waals surface area contributed by atoms with Crippen molar-refractivity contribution >= 4 is 27.8 Å². The number of benzene rings is 2. The molecule has 0 atom stereocenters. The van der Waals surface area contributed by atoms with Crippen LogP contribution in [0, 0.1) is 10.1 Å². The summed E-state index contributed by atoms with van der Waals surface area (Å²) in [6.07, 6.45) is 1.60. The van der Waals surface area contributed by atoms with Crippen LogP contribution in [-0.2, 0) is 6.54 Å². The Balaban J connectivity index is 2.00. The summed E-state index contributed by atoms with van der Waals surface area (Å²) in [5, 5.41) is 14.8. The minimum absolute atomic E-state index is 0.0333. The number of para-hydroxylation sites is 1. The lowest BCUT2D eigenvalue weighted by molar-refractivity contribution is -0.384. The van der Waals surface area contributed by atoms with Crippen molar-refractivity contribution in [1.29, 1.82) is 0 Å². The first-order chi connectivity index (χ1) is 10.6. The molecule has 0 aromatic heterocycles. The number of ether oxygens (including phenoxy) is 1. The van der Waals surface area contributed by atoms with Crippen LogP contribution in [0.5, 0.6) is 5.75 Å². The lowest BCUT2D eigenvalue weighted by Crippen LogP contribution is -2.07. The fourth-order valence-corrected chi connectivity index (χ4v) is 2.30. The number of methoxy groups -OCH3 is 1. The van der Waals surface area contributed by atoms with Gasteiger partial charge in [-0.1, -0.05) is 18.2 Å². The van der Waals surface area contributed by atoms with Crippen molar-refractivity contribution < 1.29 is 9.66 Å². The molecular formula is C15H14BrN3O3. The number of nitrogens with one attached hydrogen (secondary N) is 1. The van der Waals surface area contributed by atoms with E-state index in [4.69, 9.17) is 4.74 Å². The highest BCUT2D eigenvalue weighted by Crippen LogP contribution is 2.21. The van der Waals surface area contributed by atoms with Crippen LogP contribution < -0.4 is 10.2 Å². The van der Waals surface area contributed by atoms with E-state index >= 15 is 0 Å². The van der Waals surface area contributed by atoms with Gasteiger partial charge in [0.15, 0.2) is 0 Å². The molecule has 6 nitrogen and oxygen atoms in total. The smallest absolute Gasteiger partial charge is 0.270 e. The lowest BCUT2D eigenvalue weighted by Gasteiger charge is -2.07. The van der Waals surface area contributed by atoms with E-state index < -0.39 is 4.92 Å². The molecule has 114 valence electrons. The molecule has 2 aromatic carbocycles. The molecule has 22 heavy (non-hydrogen) atoms. The van der Waals surface area contributed by atoms with Gasteiger partial charge in [0.2, 0.25) is 0 Å². The van der Waals surface area contributed by atoms with Gasteiger partial charge in [0.25, 0.3) is 5.69 Å². The van der Waals surface area contributed by atoms with Gasteiger partial charge < -0.3 is 10.2 Å². The maximum atomic E-state index is 10.7. The van der Waals surface area contributed by atoms with Gasteiger partial charge in [-0.2, -0.15) is 5.10 Å². The highest BCUT2D eigenvalue weighted by molar-refractivity contribution is 9.10. The molecule has 0 aliphatic heterocycles. The Bertz CT molecular complexity index is 704. The number of hydrogen-bond acceptors (Lipinski definition) is 5. The number of hydrogen-bond donors (Lipinski definition) is 1. The molecule has 0 unspecified atom stereocenters. The van der Waals surface area contributed by atoms with E-state index in [1.807, 2.05) is 24.3 Å². The van der Waals surface area contributed by atoms with E-state index in [-0.39, 0.29) is 5.69 Å². The molecule has 0 spiro atoms. The van der Waals surface area contributed by atoms with Crippen LogP contribution in [0.1, 0.15) is 11.1 Å². The van der Waals surface area contributed by atoms with Crippen LogP contribution in [0.2, 0.25) is 0 Å². The van der Waals surface area contributed by atoms with Gasteiger partial charge in [0, 0.05) is 27.7 Å². The zero-order chi connectivity index (χ0) is 15.9. The summed E-state index contributed by atoms with van der Waals surface area (Å²) < 4.78 is 5.87. The second-order valence-electron chi connectivity index (χ2n) is 4.37. The number of hydrazone groups is 1. The topological polar surface area (TPSA) is 76.8 Å². The van der Waals surface area contributed by atoms with Crippen molar-refractivity contribution in [2.24, 2.45) is 5.10 Å². The normalized spacial score (nSPS) is 10.6. The third-order valence-corrected chi connectivity index (χ3v) is 3.64. The Hall–Kier alpha value is -2.41. The summed E-state index contributed by atoms with van der Waals surface area (Å²) in [5.41, 5.74) is 4.70. The van der Waals surface area contributed by atoms with Crippen molar-refractivity contribution in [1.82, 2.24) is 5.43 Å². The van der Waals surface area contributed by atoms with Crippen molar-refractivity contribution in [2.75, 3.05) is 7.11 Å². The number of nitro benzene ring substituents is 1. The summed E-state index contributed by atoms with van der Waals surface area (Å²) in [6, 6.07) is 12.2. The number of nitro groups is 1. The van der Waals surface area contributed by atoms with E-state index in [9.17, 15) is 10.1 Å². The standard InChI is InChI=1S/C15H14BrN3O3/c1-22-15-5-3-2-4-12(15)10-18-17-9-11-6-7-13(19(20)21)8-14(11)16/h2-9,18H,10H2,1H3/b17-9+. The Labute approximate surface area is 136 Å². The predicted molar refractivity (Wildman–Crippen MR) is 88.2 cm³/mol. The number of nitrogens with zero attached hydrogens (tertiary/aromatic N) is 2. The minimum Gasteiger partial charge on any atom is -0.496 e. The Kier molecular flexibility index (Phi) is 5.48. The molecular weight excluding hydrogens is 350 g/mol. The van der Waals surface area contributed by atoms with Gasteiger partial charge in [0.05, 0.1) is 24.8 Å². The largest absolute Gasteiger partial charge is 0.496 e. The van der Waals surface area contributed by atoms with Gasteiger partial charge in [-0.15, -0.1) is 0 Å². The fraction of sp³-hybridized carbons (Fsp3) is 0.133. The Morgan fingerprint density at radius 3 is 2.82 bits per heavy atom. The molecule has 0 heterocycles. The van der Waals surface area contributed by atoms with Gasteiger partial charge in [0.1, 0.15) is 5.75 Å². The second kappa shape index (κ2) is 7.56. The van der Waals surface area contributed by atoms with E-state index in [0.29, 0.717) is 11.0 Å². The molecule has 0 fully saturated rings. The highest BCUT2D eigenvalue weighted by atomic mass is 79.9. The average molecular weight is 364 g/mol. The molecule has 2 rings (SSSR count). The summed E-state index contributed by atoms with van der Waals surface area (Å²) in [7, 11) is 1.62. The summed E-state index contributed by atoms with van der Waals surface area (Å²) in [5.74, 6) is 0.793. The third kappa shape index (κ3) is 4.05. The molecule has 0 saturated carbocycles. The SMILES string of the molecule is COc1ccccc1CN/N=C/c1ccc([N+](=O)[O-])cc1Br. The van der Waals surface area contributed by atoms with Crippen LogP contribution >= 0.6 is 15.9 Å². The first-order valence-electron chi connectivity index (χ1n) is 6.43. The van der Waals surface area contributed by atoms with E-state index in [1.165, 1.54) is 12.1 Å². The average Bonchev–Trinajstić information content (AvgIpc) is 2.52. The van der Waals surface area contributed by atoms with Crippen LogP contribution in [0.4, 0.5) is 5.69 Å². The highest BCUT2D eigenvalue weighted by Gasteiger charge is 2.07. The molecule has 1 N–H and O–H groups in total. The molecule has 0 amide bonds. The summed E-state index contributed by atoms with van der Waals surface area (Å²) in [6.45, 7) is 0.519. The van der Waals surface area contributed by atoms with E-state index in [1.54, 1.807) is 19.4 Å². The molecule has 7 heteroatoms. The van der Waals surface area contributed by atoms with Crippen molar-refractivity contribution in [2.45, 2.75) is 6.54 Å². The monoisotopic (exact) mass is 363 g/mol. The lowest BCUT2D eigenvalue weighted by atomic mass is 10.2. The first-order valence-corrected chi connectivity index (χ1v) is 7.23. The maximum absolute atomic E-state index is 10.7. The molecule has 0 saturated heterocycles. The van der Waals surface area contributed by atoms with Crippen molar-refractivity contribution in [3.05, 3.63) is 68.2 Å². The molecule has 2 aromatic rings. The van der Waals surface area contributed by atoms with Gasteiger partial charge >= 0.3 is 0 Å². The van der Waals surface area contributed by atoms with E-state index in [2.05, 4.69) is 26.5 Å². The second-order valence-corrected chi connectivity index (χ2v) is 5.22.